The second-order valence-corrected chi connectivity index (χ2v) is 4.67. The molecule has 0 aliphatic carbocycles. The molecule has 0 amide bonds. The Hall–Kier alpha value is -0.150. The Morgan fingerprint density at radius 2 is 2.23 bits per heavy atom. The van der Waals surface area contributed by atoms with Crippen LogP contribution in [0.15, 0.2) is 22.7 Å². The molecule has 0 atom stereocenters. The van der Waals surface area contributed by atoms with Gasteiger partial charge in [0.15, 0.2) is 0 Å². The van der Waals surface area contributed by atoms with Crippen LogP contribution in [0.2, 0.25) is 0 Å². The summed E-state index contributed by atoms with van der Waals surface area (Å²) < 4.78 is 1.17. The molecule has 1 nitrogen and oxygen atoms in total. The van der Waals surface area contributed by atoms with E-state index in [1.165, 1.54) is 15.7 Å². The average Bonchev–Trinajstić information content (AvgIpc) is 2.13. The van der Waals surface area contributed by atoms with Gasteiger partial charge >= 0.3 is 0 Å². The van der Waals surface area contributed by atoms with E-state index in [4.69, 9.17) is 0 Å². The van der Waals surface area contributed by atoms with Gasteiger partial charge in [0.1, 0.15) is 0 Å². The van der Waals surface area contributed by atoms with Gasteiger partial charge in [0.2, 0.25) is 0 Å². The molecule has 72 valence electrons. The van der Waals surface area contributed by atoms with Crippen LogP contribution in [-0.2, 0) is 0 Å². The Kier molecular flexibility index (Phi) is 4.67. The predicted octanol–water partition coefficient (Wildman–Crippen LogP) is 3.53. The minimum Gasteiger partial charge on any atom is -0.384 e. The zero-order valence-electron chi connectivity index (χ0n) is 7.93. The first-order valence-electron chi connectivity index (χ1n) is 4.23. The topological polar surface area (TPSA) is 12.0 Å². The second-order valence-electron chi connectivity index (χ2n) is 2.83. The van der Waals surface area contributed by atoms with Crippen LogP contribution in [0, 0.1) is 6.92 Å². The highest BCUT2D eigenvalue weighted by atomic mass is 79.9. The van der Waals surface area contributed by atoms with Gasteiger partial charge in [-0.1, -0.05) is 22.0 Å². The third-order valence-electron chi connectivity index (χ3n) is 1.89. The summed E-state index contributed by atoms with van der Waals surface area (Å²) in [6, 6.07) is 6.23. The zero-order chi connectivity index (χ0) is 9.68. The third kappa shape index (κ3) is 3.24. The Labute approximate surface area is 92.4 Å². The van der Waals surface area contributed by atoms with Crippen molar-refractivity contribution in [3.8, 4) is 0 Å². The van der Waals surface area contributed by atoms with E-state index >= 15 is 0 Å². The fourth-order valence-corrected chi connectivity index (χ4v) is 1.76. The maximum absolute atomic E-state index is 3.51. The number of hydrogen-bond donors (Lipinski definition) is 1. The Bertz CT molecular complexity index is 276. The van der Waals surface area contributed by atoms with Crippen molar-refractivity contribution in [1.29, 1.82) is 0 Å². The number of benzene rings is 1. The lowest BCUT2D eigenvalue weighted by molar-refractivity contribution is 1.21. The van der Waals surface area contributed by atoms with Crippen molar-refractivity contribution < 1.29 is 0 Å². The molecule has 0 radical (unpaired) electrons. The molecule has 0 saturated carbocycles. The van der Waals surface area contributed by atoms with E-state index in [1.54, 1.807) is 0 Å². The predicted molar refractivity (Wildman–Crippen MR) is 65.8 cm³/mol. The van der Waals surface area contributed by atoms with Gasteiger partial charge < -0.3 is 5.32 Å². The van der Waals surface area contributed by atoms with Crippen molar-refractivity contribution in [2.75, 3.05) is 23.9 Å². The van der Waals surface area contributed by atoms with E-state index in [1.807, 2.05) is 11.8 Å². The van der Waals surface area contributed by atoms with Crippen LogP contribution >= 0.6 is 27.7 Å². The summed E-state index contributed by atoms with van der Waals surface area (Å²) in [6.07, 6.45) is 2.12. The molecule has 1 aromatic rings. The molecule has 0 aliphatic rings. The molecule has 0 spiro atoms. The fourth-order valence-electron chi connectivity index (χ4n) is 1.09. The summed E-state index contributed by atoms with van der Waals surface area (Å²) in [4.78, 5) is 0. The van der Waals surface area contributed by atoms with E-state index in [-0.39, 0.29) is 0 Å². The second kappa shape index (κ2) is 5.55. The van der Waals surface area contributed by atoms with Crippen LogP contribution < -0.4 is 5.32 Å². The van der Waals surface area contributed by atoms with Gasteiger partial charge in [-0.3, -0.25) is 0 Å². The maximum Gasteiger partial charge on any atom is 0.0381 e. The quantitative estimate of drug-likeness (QED) is 0.831. The summed E-state index contributed by atoms with van der Waals surface area (Å²) in [6.45, 7) is 3.14. The van der Waals surface area contributed by atoms with Gasteiger partial charge in [0.05, 0.1) is 0 Å². The minimum absolute atomic E-state index is 1.03. The molecule has 0 unspecified atom stereocenters. The van der Waals surface area contributed by atoms with Crippen LogP contribution in [-0.4, -0.2) is 18.6 Å². The van der Waals surface area contributed by atoms with Gasteiger partial charge in [-0.2, -0.15) is 11.8 Å². The summed E-state index contributed by atoms with van der Waals surface area (Å²) in [5.74, 6) is 1.14. The molecule has 0 fully saturated rings. The van der Waals surface area contributed by atoms with Crippen LogP contribution in [0.4, 0.5) is 5.69 Å². The molecular weight excluding hydrogens is 246 g/mol. The van der Waals surface area contributed by atoms with Gasteiger partial charge in [-0.25, -0.2) is 0 Å². The van der Waals surface area contributed by atoms with Gasteiger partial charge in [0.25, 0.3) is 0 Å². The number of nitrogens with one attached hydrogen (secondary N) is 1. The van der Waals surface area contributed by atoms with Gasteiger partial charge in [0, 0.05) is 22.5 Å². The highest BCUT2D eigenvalue weighted by molar-refractivity contribution is 9.10. The van der Waals surface area contributed by atoms with Gasteiger partial charge in [-0.15, -0.1) is 0 Å². The van der Waals surface area contributed by atoms with Crippen LogP contribution in [0.5, 0.6) is 0 Å². The minimum atomic E-state index is 1.03. The van der Waals surface area contributed by atoms with Crippen LogP contribution in [0.3, 0.4) is 0 Å². The molecule has 3 heteroatoms. The Balaban J connectivity index is 2.61. The van der Waals surface area contributed by atoms with E-state index in [0.29, 0.717) is 0 Å². The first kappa shape index (κ1) is 10.9. The number of hydrogen-bond acceptors (Lipinski definition) is 2. The van der Waals surface area contributed by atoms with Crippen LogP contribution in [0.25, 0.3) is 0 Å². The monoisotopic (exact) mass is 259 g/mol. The summed E-state index contributed by atoms with van der Waals surface area (Å²) in [5.41, 5.74) is 2.51. The van der Waals surface area contributed by atoms with E-state index < -0.39 is 0 Å². The van der Waals surface area contributed by atoms with Crippen molar-refractivity contribution >= 4 is 33.4 Å². The first-order valence-corrected chi connectivity index (χ1v) is 6.42. The molecule has 0 saturated heterocycles. The normalized spacial score (nSPS) is 10.1. The molecule has 0 bridgehead atoms. The van der Waals surface area contributed by atoms with Crippen molar-refractivity contribution in [2.45, 2.75) is 6.92 Å². The van der Waals surface area contributed by atoms with Crippen molar-refractivity contribution in [3.05, 3.63) is 28.2 Å². The van der Waals surface area contributed by atoms with Crippen molar-refractivity contribution in [3.63, 3.8) is 0 Å². The van der Waals surface area contributed by atoms with Crippen molar-refractivity contribution in [1.82, 2.24) is 0 Å². The SMILES string of the molecule is CSCCNc1cccc(Br)c1C. The standard InChI is InChI=1S/C10H14BrNS/c1-8-9(11)4-3-5-10(8)12-6-7-13-2/h3-5,12H,6-7H2,1-2H3. The maximum atomic E-state index is 3.51. The Morgan fingerprint density at radius 3 is 2.92 bits per heavy atom. The van der Waals surface area contributed by atoms with E-state index in [2.05, 4.69) is 52.6 Å². The lowest BCUT2D eigenvalue weighted by Crippen LogP contribution is -2.04. The summed E-state index contributed by atoms with van der Waals surface area (Å²) >= 11 is 5.37. The largest absolute Gasteiger partial charge is 0.384 e. The number of thioether (sulfide) groups is 1. The van der Waals surface area contributed by atoms with E-state index in [0.717, 1.165) is 12.3 Å². The van der Waals surface area contributed by atoms with E-state index in [9.17, 15) is 0 Å². The van der Waals surface area contributed by atoms with Crippen LogP contribution in [0.1, 0.15) is 5.56 Å². The fraction of sp³-hybridized carbons (Fsp3) is 0.400. The number of halogens is 1. The first-order chi connectivity index (χ1) is 6.25. The molecule has 0 heterocycles. The van der Waals surface area contributed by atoms with Gasteiger partial charge in [-0.05, 0) is 30.9 Å². The molecule has 0 aromatic heterocycles. The summed E-state index contributed by atoms with van der Waals surface area (Å²) in [7, 11) is 0. The Morgan fingerprint density at radius 1 is 1.46 bits per heavy atom. The average molecular weight is 260 g/mol. The highest BCUT2D eigenvalue weighted by Crippen LogP contribution is 2.23. The zero-order valence-corrected chi connectivity index (χ0v) is 10.3. The molecule has 1 rings (SSSR count). The number of anilines is 1. The molecular formula is C10H14BrNS. The third-order valence-corrected chi connectivity index (χ3v) is 3.36. The lowest BCUT2D eigenvalue weighted by Gasteiger charge is -2.09. The summed E-state index contributed by atoms with van der Waals surface area (Å²) in [5, 5.41) is 3.40. The lowest BCUT2D eigenvalue weighted by atomic mass is 10.2. The smallest absolute Gasteiger partial charge is 0.0381 e. The molecule has 1 N–H and O–H groups in total. The highest BCUT2D eigenvalue weighted by Gasteiger charge is 1.99. The van der Waals surface area contributed by atoms with Crippen molar-refractivity contribution in [2.24, 2.45) is 0 Å². The number of rotatable bonds is 4. The molecule has 13 heavy (non-hydrogen) atoms. The molecule has 1 aromatic carbocycles. The molecule has 0 aliphatic heterocycles.